The average Bonchev–Trinajstić information content (AvgIpc) is 0.838. The number of rotatable bonds is 33. The standard InChI is InChI=1S/C60H80N14O15/c1-9-31(4)50(58(87)66-34(7)51(80)69-41(59(88)89)11-10-22-63-60(61)62)74-54(83)40(18-21-49(78)79)68-57(86)46(27-37-15-20-48(77)43(25-37)71-53(82)39-17-13-33(6)65-29-39)73-55(84)44(23-30(2)3)72-56(85)45(67-35(8)75)26-36-14-19-47(76)42(24-36)70-52(81)38-16-12-32(5)64-28-38/h12-17,19-20,24-25,28-31,34,40-41,44-46,50,76-77H,9-11,18,21-23,26-27H2,1-8H3,(H,66,87)(H,67,75)(H,68,86)(H,69,80)(H,70,81)(H,71,82)(H,72,85)(H,73,84)(H,74,83)(H,78,79)(H,88,89)(H4,61,62,63)/t31-,34-,40-,41-,44-,45-,46-,50-/m0/s1/i5D3,6D3,8D3. The second kappa shape index (κ2) is 34.2. The van der Waals surface area contributed by atoms with E-state index in [4.69, 9.17) is 23.8 Å². The van der Waals surface area contributed by atoms with E-state index in [1.807, 2.05) is 0 Å². The van der Waals surface area contributed by atoms with Crippen molar-refractivity contribution in [3.05, 3.63) is 107 Å². The number of anilines is 2. The first-order valence-electron chi connectivity index (χ1n) is 32.4. The zero-order valence-electron chi connectivity index (χ0n) is 58.3. The van der Waals surface area contributed by atoms with E-state index < -0.39 is 177 Å². The fraction of sp³-hybridized carbons (Fsp3) is 0.433. The van der Waals surface area contributed by atoms with E-state index in [9.17, 15) is 73.2 Å². The van der Waals surface area contributed by atoms with Crippen LogP contribution in [0.2, 0.25) is 0 Å². The Labute approximate surface area is 526 Å². The van der Waals surface area contributed by atoms with E-state index in [2.05, 4.69) is 62.8 Å². The number of aliphatic imine (C=N–C) groups is 1. The van der Waals surface area contributed by atoms with Crippen molar-refractivity contribution in [1.82, 2.24) is 47.2 Å². The molecule has 89 heavy (non-hydrogen) atoms. The highest BCUT2D eigenvalue weighted by Gasteiger charge is 2.36. The lowest BCUT2D eigenvalue weighted by molar-refractivity contribution is -0.142. The highest BCUT2D eigenvalue weighted by atomic mass is 16.4. The molecule has 2 aromatic carbocycles. The van der Waals surface area contributed by atoms with Gasteiger partial charge < -0.3 is 79.7 Å². The number of pyridine rings is 2. The minimum Gasteiger partial charge on any atom is -0.506 e. The molecule has 29 nitrogen and oxygen atoms in total. The van der Waals surface area contributed by atoms with Crippen molar-refractivity contribution >= 4 is 82.4 Å². The summed E-state index contributed by atoms with van der Waals surface area (Å²) < 4.78 is 68.8. The molecule has 9 amide bonds. The van der Waals surface area contributed by atoms with Crippen molar-refractivity contribution in [1.29, 1.82) is 0 Å². The number of guanidine groups is 1. The van der Waals surface area contributed by atoms with Crippen LogP contribution in [0.15, 0.2) is 78.0 Å². The van der Waals surface area contributed by atoms with Crippen LogP contribution >= 0.6 is 0 Å². The number of phenolic OH excluding ortho intramolecular Hbond substituents is 2. The van der Waals surface area contributed by atoms with Gasteiger partial charge in [0.1, 0.15) is 53.8 Å². The maximum atomic E-state index is 14.9. The van der Waals surface area contributed by atoms with Gasteiger partial charge in [-0.05, 0) is 118 Å². The van der Waals surface area contributed by atoms with E-state index in [-0.39, 0.29) is 83.2 Å². The first-order chi connectivity index (χ1) is 45.6. The average molecular weight is 1250 g/mol. The smallest absolute Gasteiger partial charge is 0.326 e. The monoisotopic (exact) mass is 1250 g/mol. The number of phenols is 2. The quantitative estimate of drug-likeness (QED) is 0.0138. The number of benzene rings is 2. The summed E-state index contributed by atoms with van der Waals surface area (Å²) in [6.45, 7) is -0.835. The van der Waals surface area contributed by atoms with Crippen molar-refractivity contribution in [2.45, 2.75) is 149 Å². The van der Waals surface area contributed by atoms with Gasteiger partial charge in [0.2, 0.25) is 41.4 Å². The number of carbonyl (C=O) groups is 11. The molecule has 0 aliphatic carbocycles. The normalized spacial score (nSPS) is 15.6. The van der Waals surface area contributed by atoms with Crippen molar-refractivity contribution in [3.8, 4) is 11.5 Å². The third kappa shape index (κ3) is 23.5. The predicted octanol–water partition coefficient (Wildman–Crippen LogP) is 1.32. The van der Waals surface area contributed by atoms with Gasteiger partial charge in [-0.2, -0.15) is 0 Å². The number of carboxylic acid groups (broad SMARTS) is 2. The number of carboxylic acids is 2. The summed E-state index contributed by atoms with van der Waals surface area (Å²) in [7, 11) is 0. The van der Waals surface area contributed by atoms with Crippen molar-refractivity contribution in [2.75, 3.05) is 17.2 Å². The molecule has 480 valence electrons. The van der Waals surface area contributed by atoms with Crippen molar-refractivity contribution < 1.29 is 85.5 Å². The third-order valence-electron chi connectivity index (χ3n) is 13.5. The zero-order chi connectivity index (χ0) is 73.7. The van der Waals surface area contributed by atoms with Gasteiger partial charge in [0.05, 0.1) is 22.5 Å². The van der Waals surface area contributed by atoms with Crippen molar-refractivity contribution in [3.63, 3.8) is 0 Å². The largest absolute Gasteiger partial charge is 0.506 e. The Morgan fingerprint density at radius 1 is 0.584 bits per heavy atom. The van der Waals surface area contributed by atoms with Crippen LogP contribution < -0.4 is 59.3 Å². The molecule has 0 unspecified atom stereocenters. The summed E-state index contributed by atoms with van der Waals surface area (Å²) >= 11 is 0. The van der Waals surface area contributed by atoms with E-state index in [0.29, 0.717) is 0 Å². The van der Waals surface area contributed by atoms with E-state index >= 15 is 0 Å². The van der Waals surface area contributed by atoms with Gasteiger partial charge in [-0.15, -0.1) is 0 Å². The highest BCUT2D eigenvalue weighted by molar-refractivity contribution is 6.06. The molecular weight excluding hydrogens is 1160 g/mol. The first kappa shape index (κ1) is 57.8. The summed E-state index contributed by atoms with van der Waals surface area (Å²) in [6.07, 6.45) is -0.708. The van der Waals surface area contributed by atoms with Gasteiger partial charge in [-0.3, -0.25) is 62.9 Å². The third-order valence-corrected chi connectivity index (χ3v) is 13.5. The molecule has 29 heteroatoms. The maximum Gasteiger partial charge on any atom is 0.326 e. The number of aliphatic carboxylic acids is 2. The Balaban J connectivity index is 1.74. The summed E-state index contributed by atoms with van der Waals surface area (Å²) in [5.41, 5.74) is 9.29. The number of nitrogens with zero attached hydrogens (tertiary/aromatic N) is 3. The number of hydrogen-bond donors (Lipinski definition) is 15. The summed E-state index contributed by atoms with van der Waals surface area (Å²) in [5, 5.41) is 63.0. The lowest BCUT2D eigenvalue weighted by atomic mass is 9.97. The minimum atomic E-state index is -3.35. The fourth-order valence-corrected chi connectivity index (χ4v) is 8.55. The van der Waals surface area contributed by atoms with Crippen LogP contribution in [-0.4, -0.2) is 150 Å². The molecule has 0 saturated carbocycles. The molecule has 0 bridgehead atoms. The van der Waals surface area contributed by atoms with Crippen LogP contribution in [0.5, 0.6) is 11.5 Å². The number of nitrogens with one attached hydrogen (secondary N) is 9. The molecule has 4 aromatic rings. The predicted molar refractivity (Wildman–Crippen MR) is 326 cm³/mol. The van der Waals surface area contributed by atoms with E-state index in [0.717, 1.165) is 42.7 Å². The molecule has 4 rings (SSSR count). The Morgan fingerprint density at radius 3 is 1.54 bits per heavy atom. The van der Waals surface area contributed by atoms with Gasteiger partial charge in [0.15, 0.2) is 5.96 Å². The molecule has 0 saturated heterocycles. The molecule has 0 aliphatic rings. The second-order valence-electron chi connectivity index (χ2n) is 21.1. The maximum absolute atomic E-state index is 14.9. The van der Waals surface area contributed by atoms with Gasteiger partial charge in [0.25, 0.3) is 11.8 Å². The minimum absolute atomic E-state index is 0.0437. The van der Waals surface area contributed by atoms with Crippen LogP contribution in [0.1, 0.15) is 136 Å². The van der Waals surface area contributed by atoms with Crippen LogP contribution in [0.4, 0.5) is 11.4 Å². The lowest BCUT2D eigenvalue weighted by Gasteiger charge is -2.29. The number of amides is 9. The Bertz CT molecular complexity index is 3580. The zero-order valence-corrected chi connectivity index (χ0v) is 49.3. The van der Waals surface area contributed by atoms with Gasteiger partial charge in [-0.25, -0.2) is 4.79 Å². The lowest BCUT2D eigenvalue weighted by Crippen LogP contribution is -2.61. The second-order valence-corrected chi connectivity index (χ2v) is 21.1. The van der Waals surface area contributed by atoms with Crippen LogP contribution in [0, 0.1) is 25.5 Å². The number of aromatic hydroxyl groups is 2. The Hall–Kier alpha value is -10.2. The SMILES string of the molecule is [2H]C([2H])([2H])C(=O)N[C@@H](Cc1ccc(O)c(NC(=O)c2ccc(C([2H])([2H])[2H])nc2)c1)C(=O)N[C@@H](CC(C)C)C(=O)N[C@@H](Cc1ccc(O)c(NC(=O)c2ccc(C([2H])([2H])[2H])nc2)c1)C(=O)N[C@@H](CCC(=O)O)C(=O)N[C@H](C(=O)N[C@@H](C)C(=O)N[C@@H](CCCN=C(N)N)C(=O)O)[C@@H](C)CC. The Morgan fingerprint density at radius 2 is 1.08 bits per heavy atom. The summed E-state index contributed by atoms with van der Waals surface area (Å²) in [6, 6.07) is -0.0607. The molecule has 0 fully saturated rings. The number of aromatic nitrogens is 2. The molecule has 2 aromatic heterocycles. The molecule has 8 atom stereocenters. The van der Waals surface area contributed by atoms with Gasteiger partial charge in [-0.1, -0.05) is 46.2 Å². The van der Waals surface area contributed by atoms with E-state index in [1.165, 1.54) is 37.3 Å². The fourth-order valence-electron chi connectivity index (χ4n) is 8.55. The van der Waals surface area contributed by atoms with Crippen LogP contribution in [0.25, 0.3) is 0 Å². The first-order valence-corrected chi connectivity index (χ1v) is 27.9. The summed E-state index contributed by atoms with van der Waals surface area (Å²) in [5.74, 6) is -15.4. The molecule has 0 spiro atoms. The number of hydrogen-bond acceptors (Lipinski definition) is 16. The molecule has 0 radical (unpaired) electrons. The van der Waals surface area contributed by atoms with Gasteiger partial charge in [0, 0.05) is 68.8 Å². The molecular formula is C60H80N14O15. The van der Waals surface area contributed by atoms with Crippen LogP contribution in [-0.2, 0) is 56.0 Å². The van der Waals surface area contributed by atoms with Gasteiger partial charge >= 0.3 is 11.9 Å². The van der Waals surface area contributed by atoms with Crippen LogP contribution in [0.3, 0.4) is 0 Å². The molecule has 2 heterocycles. The number of aryl methyl sites for hydroxylation is 2. The molecule has 17 N–H and O–H groups in total. The number of carbonyl (C=O) groups excluding carboxylic acids is 9. The Kier molecular flexibility index (Phi) is 22.2. The van der Waals surface area contributed by atoms with Crippen molar-refractivity contribution in [2.24, 2.45) is 28.3 Å². The number of nitrogens with two attached hydrogens (primary N) is 2. The summed E-state index contributed by atoms with van der Waals surface area (Å²) in [4.78, 5) is 161. The molecule has 0 aliphatic heterocycles. The highest BCUT2D eigenvalue weighted by Crippen LogP contribution is 2.28. The topological polar surface area (TPSA) is 467 Å². The van der Waals surface area contributed by atoms with E-state index in [1.54, 1.807) is 27.7 Å².